The SMILES string of the molecule is O=C(O)[C@H](CCN(CCCCc1ccc2c(n1)NCCC2)CCC(F)F)Nc1cc(-n2cccn2)ncn1. The standard InChI is InChI=1S/C26H34F2N8O2/c27-22(28)10-16-35(13-2-1-6-20-8-7-19-5-3-11-29-25(19)33-20)15-9-21(26(37)38)34-23-17-24(31-18-30-23)36-14-4-12-32-36/h4,7-8,12,14,17-18,21-22H,1-3,5-6,9-11,13,15-16H2,(H,29,33)(H,37,38)(H,30,31,34)/t21-/m0/s1. The first kappa shape index (κ1) is 27.4. The lowest BCUT2D eigenvalue weighted by Gasteiger charge is -2.24. The van der Waals surface area contributed by atoms with Gasteiger partial charge in [0.2, 0.25) is 6.43 Å². The third-order valence-corrected chi connectivity index (χ3v) is 6.52. The second-order valence-corrected chi connectivity index (χ2v) is 9.36. The number of aliphatic carboxylic acids is 1. The number of fused-ring (bicyclic) bond motifs is 1. The molecular formula is C26H34F2N8O2. The van der Waals surface area contributed by atoms with Crippen molar-refractivity contribution in [2.75, 3.05) is 36.8 Å². The number of carboxylic acid groups (broad SMARTS) is 1. The van der Waals surface area contributed by atoms with Crippen LogP contribution in [-0.4, -0.2) is 79.4 Å². The van der Waals surface area contributed by atoms with Crippen LogP contribution in [0.3, 0.4) is 0 Å². The summed E-state index contributed by atoms with van der Waals surface area (Å²) in [7, 11) is 0. The molecule has 3 aromatic rings. The van der Waals surface area contributed by atoms with Gasteiger partial charge in [-0.3, -0.25) is 0 Å². The first-order chi connectivity index (χ1) is 18.5. The van der Waals surface area contributed by atoms with E-state index in [0.29, 0.717) is 24.7 Å². The number of alkyl halides is 2. The van der Waals surface area contributed by atoms with Gasteiger partial charge in [-0.2, -0.15) is 5.10 Å². The Morgan fingerprint density at radius 2 is 2.05 bits per heavy atom. The molecule has 0 radical (unpaired) electrons. The van der Waals surface area contributed by atoms with Gasteiger partial charge >= 0.3 is 5.97 Å². The summed E-state index contributed by atoms with van der Waals surface area (Å²) in [5.41, 5.74) is 2.27. The van der Waals surface area contributed by atoms with Gasteiger partial charge in [0.25, 0.3) is 0 Å². The highest BCUT2D eigenvalue weighted by atomic mass is 19.3. The van der Waals surface area contributed by atoms with E-state index in [4.69, 9.17) is 4.98 Å². The molecule has 4 rings (SSSR count). The Morgan fingerprint density at radius 1 is 1.18 bits per heavy atom. The molecule has 4 heterocycles. The highest BCUT2D eigenvalue weighted by Gasteiger charge is 2.20. The molecule has 0 spiro atoms. The van der Waals surface area contributed by atoms with Crippen molar-refractivity contribution in [1.82, 2.24) is 29.6 Å². The number of unbranched alkanes of at least 4 members (excludes halogenated alkanes) is 1. The van der Waals surface area contributed by atoms with Crippen LogP contribution < -0.4 is 10.6 Å². The summed E-state index contributed by atoms with van der Waals surface area (Å²) in [5.74, 6) is 0.786. The average Bonchev–Trinajstić information content (AvgIpc) is 3.46. The molecule has 0 saturated carbocycles. The fourth-order valence-corrected chi connectivity index (χ4v) is 4.47. The molecule has 0 saturated heterocycles. The van der Waals surface area contributed by atoms with E-state index in [9.17, 15) is 18.7 Å². The number of nitrogens with zero attached hydrogens (tertiary/aromatic N) is 6. The predicted octanol–water partition coefficient (Wildman–Crippen LogP) is 3.65. The zero-order valence-electron chi connectivity index (χ0n) is 21.3. The topological polar surface area (TPSA) is 121 Å². The number of carbonyl (C=O) groups is 1. The minimum atomic E-state index is -2.40. The number of hydrogen-bond donors (Lipinski definition) is 3. The van der Waals surface area contributed by atoms with Gasteiger partial charge in [-0.1, -0.05) is 6.07 Å². The summed E-state index contributed by atoms with van der Waals surface area (Å²) in [4.78, 5) is 26.8. The number of aryl methyl sites for hydroxylation is 2. The molecule has 0 aliphatic carbocycles. The third kappa shape index (κ3) is 8.17. The van der Waals surface area contributed by atoms with Gasteiger partial charge in [-0.05, 0) is 62.8 Å². The maximum absolute atomic E-state index is 12.9. The molecule has 1 atom stereocenters. The molecule has 204 valence electrons. The molecule has 10 nitrogen and oxygen atoms in total. The summed E-state index contributed by atoms with van der Waals surface area (Å²) < 4.78 is 27.4. The maximum atomic E-state index is 12.9. The number of nitrogens with one attached hydrogen (secondary N) is 2. The molecule has 0 fully saturated rings. The van der Waals surface area contributed by atoms with Crippen LogP contribution in [0.25, 0.3) is 5.82 Å². The van der Waals surface area contributed by atoms with Crippen molar-refractivity contribution in [3.05, 3.63) is 54.2 Å². The summed E-state index contributed by atoms with van der Waals surface area (Å²) in [6.07, 6.45) is 6.90. The van der Waals surface area contributed by atoms with Gasteiger partial charge in [0.1, 0.15) is 24.0 Å². The Balaban J connectivity index is 1.29. The summed E-state index contributed by atoms with van der Waals surface area (Å²) in [6, 6.07) is 6.63. The molecular weight excluding hydrogens is 494 g/mol. The first-order valence-electron chi connectivity index (χ1n) is 13.0. The van der Waals surface area contributed by atoms with Crippen molar-refractivity contribution < 1.29 is 18.7 Å². The maximum Gasteiger partial charge on any atom is 0.326 e. The van der Waals surface area contributed by atoms with Crippen molar-refractivity contribution in [2.45, 2.75) is 57.4 Å². The number of anilines is 2. The number of carboxylic acids is 1. The van der Waals surface area contributed by atoms with E-state index in [1.54, 1.807) is 29.2 Å². The van der Waals surface area contributed by atoms with Crippen LogP contribution in [0.1, 0.15) is 43.4 Å². The Labute approximate surface area is 220 Å². The fourth-order valence-electron chi connectivity index (χ4n) is 4.47. The minimum Gasteiger partial charge on any atom is -0.480 e. The van der Waals surface area contributed by atoms with Gasteiger partial charge in [-0.25, -0.2) is 33.2 Å². The Bertz CT molecular complexity index is 1160. The number of rotatable bonds is 15. The van der Waals surface area contributed by atoms with E-state index >= 15 is 0 Å². The molecule has 38 heavy (non-hydrogen) atoms. The van der Waals surface area contributed by atoms with Gasteiger partial charge < -0.3 is 20.6 Å². The number of hydrogen-bond acceptors (Lipinski definition) is 8. The van der Waals surface area contributed by atoms with E-state index in [1.807, 2.05) is 4.90 Å². The monoisotopic (exact) mass is 528 g/mol. The van der Waals surface area contributed by atoms with Crippen LogP contribution >= 0.6 is 0 Å². The second kappa shape index (κ2) is 13.8. The fraction of sp³-hybridized carbons (Fsp3) is 0.500. The smallest absolute Gasteiger partial charge is 0.326 e. The zero-order chi connectivity index (χ0) is 26.7. The van der Waals surface area contributed by atoms with Crippen molar-refractivity contribution >= 4 is 17.6 Å². The van der Waals surface area contributed by atoms with E-state index in [-0.39, 0.29) is 19.4 Å². The van der Waals surface area contributed by atoms with Crippen molar-refractivity contribution in [2.24, 2.45) is 0 Å². The lowest BCUT2D eigenvalue weighted by atomic mass is 10.1. The average molecular weight is 529 g/mol. The van der Waals surface area contributed by atoms with Gasteiger partial charge in [-0.15, -0.1) is 0 Å². The van der Waals surface area contributed by atoms with E-state index in [1.165, 1.54) is 11.9 Å². The highest BCUT2D eigenvalue weighted by molar-refractivity contribution is 5.76. The molecule has 0 unspecified atom stereocenters. The first-order valence-corrected chi connectivity index (χ1v) is 13.0. The lowest BCUT2D eigenvalue weighted by molar-refractivity contribution is -0.138. The normalized spacial score (nSPS) is 13.8. The summed E-state index contributed by atoms with van der Waals surface area (Å²) in [6.45, 7) is 2.13. The Hall–Kier alpha value is -3.67. The summed E-state index contributed by atoms with van der Waals surface area (Å²) in [5, 5.41) is 20.2. The van der Waals surface area contributed by atoms with Crippen molar-refractivity contribution in [3.8, 4) is 5.82 Å². The molecule has 3 N–H and O–H groups in total. The van der Waals surface area contributed by atoms with Crippen LogP contribution in [-0.2, 0) is 17.6 Å². The van der Waals surface area contributed by atoms with Crippen molar-refractivity contribution in [3.63, 3.8) is 0 Å². The quantitative estimate of drug-likeness (QED) is 0.254. The third-order valence-electron chi connectivity index (χ3n) is 6.52. The zero-order valence-corrected chi connectivity index (χ0v) is 21.3. The van der Waals surface area contributed by atoms with Crippen LogP contribution in [0, 0.1) is 0 Å². The minimum absolute atomic E-state index is 0.210. The largest absolute Gasteiger partial charge is 0.480 e. The van der Waals surface area contributed by atoms with Gasteiger partial charge in [0, 0.05) is 50.2 Å². The molecule has 12 heteroatoms. The van der Waals surface area contributed by atoms with Crippen LogP contribution in [0.4, 0.5) is 20.4 Å². The Morgan fingerprint density at radius 3 is 2.84 bits per heavy atom. The lowest BCUT2D eigenvalue weighted by Crippen LogP contribution is -2.36. The number of aromatic nitrogens is 5. The molecule has 0 bridgehead atoms. The number of halogens is 2. The summed E-state index contributed by atoms with van der Waals surface area (Å²) >= 11 is 0. The van der Waals surface area contributed by atoms with Crippen molar-refractivity contribution in [1.29, 1.82) is 0 Å². The van der Waals surface area contributed by atoms with E-state index in [2.05, 4.69) is 37.8 Å². The van der Waals surface area contributed by atoms with Crippen LogP contribution in [0.2, 0.25) is 0 Å². The Kier molecular flexibility index (Phi) is 9.90. The van der Waals surface area contributed by atoms with Gasteiger partial charge in [0.05, 0.1) is 0 Å². The van der Waals surface area contributed by atoms with E-state index in [0.717, 1.165) is 50.2 Å². The second-order valence-electron chi connectivity index (χ2n) is 9.36. The van der Waals surface area contributed by atoms with Gasteiger partial charge in [0.15, 0.2) is 5.82 Å². The molecule has 3 aromatic heterocycles. The highest BCUT2D eigenvalue weighted by Crippen LogP contribution is 2.20. The molecule has 0 amide bonds. The van der Waals surface area contributed by atoms with Crippen LogP contribution in [0.5, 0.6) is 0 Å². The van der Waals surface area contributed by atoms with E-state index < -0.39 is 18.4 Å². The predicted molar refractivity (Wildman–Crippen MR) is 140 cm³/mol. The molecule has 0 aromatic carbocycles. The van der Waals surface area contributed by atoms with Crippen LogP contribution in [0.15, 0.2) is 43.0 Å². The molecule has 1 aliphatic heterocycles. The molecule has 1 aliphatic rings. The number of pyridine rings is 1.